The summed E-state index contributed by atoms with van der Waals surface area (Å²) in [4.78, 5) is 43.4. The van der Waals surface area contributed by atoms with Crippen molar-refractivity contribution in [3.8, 4) is 0 Å². The second-order valence-electron chi connectivity index (χ2n) is 8.08. The monoisotopic (exact) mass is 373 g/mol. The van der Waals surface area contributed by atoms with E-state index >= 15 is 0 Å². The highest BCUT2D eigenvalue weighted by molar-refractivity contribution is 5.85. The van der Waals surface area contributed by atoms with Gasteiger partial charge in [0.05, 0.1) is 17.3 Å². The van der Waals surface area contributed by atoms with Gasteiger partial charge in [-0.05, 0) is 32.1 Å². The first-order valence-corrected chi connectivity index (χ1v) is 9.84. The van der Waals surface area contributed by atoms with Crippen molar-refractivity contribution in [1.82, 2.24) is 19.6 Å². The lowest BCUT2D eigenvalue weighted by atomic mass is 9.78. The van der Waals surface area contributed by atoms with Crippen LogP contribution in [-0.2, 0) is 16.1 Å². The van der Waals surface area contributed by atoms with Crippen LogP contribution in [0.25, 0.3) is 0 Å². The highest BCUT2D eigenvalue weighted by atomic mass is 16.2. The van der Waals surface area contributed by atoms with E-state index in [0.29, 0.717) is 19.5 Å². The highest BCUT2D eigenvalue weighted by Crippen LogP contribution is 2.39. The second-order valence-corrected chi connectivity index (χ2v) is 8.08. The number of likely N-dealkylation sites (tertiary alicyclic amines) is 2. The molecule has 4 rings (SSSR count). The number of nitrogens with zero attached hydrogens (tertiary/aromatic N) is 5. The van der Waals surface area contributed by atoms with Crippen molar-refractivity contribution in [3.05, 3.63) is 22.6 Å². The molecule has 1 unspecified atom stereocenters. The van der Waals surface area contributed by atoms with Crippen molar-refractivity contribution in [3.63, 3.8) is 0 Å². The molecule has 3 aliphatic heterocycles. The summed E-state index contributed by atoms with van der Waals surface area (Å²) in [7, 11) is 1.83. The van der Waals surface area contributed by atoms with E-state index in [2.05, 4.69) is 10.00 Å². The van der Waals surface area contributed by atoms with E-state index in [0.717, 1.165) is 51.0 Å². The maximum absolute atomic E-state index is 12.7. The Morgan fingerprint density at radius 1 is 1.11 bits per heavy atom. The minimum Gasteiger partial charge on any atom is -0.370 e. The fourth-order valence-electron chi connectivity index (χ4n) is 4.65. The Morgan fingerprint density at radius 2 is 1.89 bits per heavy atom. The molecule has 1 aromatic heterocycles. The molecular weight excluding hydrogens is 346 g/mol. The Balaban J connectivity index is 1.42. The molecular formula is C19H27N5O3. The molecule has 27 heavy (non-hydrogen) atoms. The minimum absolute atomic E-state index is 0.0702. The number of carbonyl (C=O) groups excluding carboxylic acids is 2. The van der Waals surface area contributed by atoms with E-state index in [9.17, 15) is 14.4 Å². The van der Waals surface area contributed by atoms with Crippen LogP contribution in [0.4, 0.5) is 5.69 Å². The van der Waals surface area contributed by atoms with E-state index in [-0.39, 0.29) is 23.9 Å². The van der Waals surface area contributed by atoms with Crippen molar-refractivity contribution < 1.29 is 9.59 Å². The molecule has 0 aromatic carbocycles. The maximum Gasteiger partial charge on any atom is 0.269 e. The summed E-state index contributed by atoms with van der Waals surface area (Å²) in [6, 6.07) is 1.57. The topological polar surface area (TPSA) is 78.8 Å². The molecule has 8 heteroatoms. The summed E-state index contributed by atoms with van der Waals surface area (Å²) in [6.45, 7) is 3.63. The molecule has 3 aliphatic rings. The summed E-state index contributed by atoms with van der Waals surface area (Å²) >= 11 is 0. The van der Waals surface area contributed by atoms with Crippen molar-refractivity contribution in [2.75, 3.05) is 44.7 Å². The zero-order chi connectivity index (χ0) is 19.0. The third-order valence-electron chi connectivity index (χ3n) is 6.27. The summed E-state index contributed by atoms with van der Waals surface area (Å²) in [5.41, 5.74) is 0.146. The van der Waals surface area contributed by atoms with Gasteiger partial charge in [-0.1, -0.05) is 0 Å². The van der Waals surface area contributed by atoms with Crippen LogP contribution in [0.3, 0.4) is 0 Å². The Kier molecular flexibility index (Phi) is 4.65. The second kappa shape index (κ2) is 6.98. The summed E-state index contributed by atoms with van der Waals surface area (Å²) in [5.74, 6) is 0.00531. The average Bonchev–Trinajstić information content (AvgIpc) is 3.32. The smallest absolute Gasteiger partial charge is 0.269 e. The lowest BCUT2D eigenvalue weighted by molar-refractivity contribution is -0.144. The van der Waals surface area contributed by atoms with Crippen molar-refractivity contribution >= 4 is 17.5 Å². The van der Waals surface area contributed by atoms with Gasteiger partial charge in [-0.3, -0.25) is 14.4 Å². The summed E-state index contributed by atoms with van der Waals surface area (Å²) in [5, 5.41) is 4.21. The average molecular weight is 373 g/mol. The van der Waals surface area contributed by atoms with Crippen LogP contribution in [0.1, 0.15) is 32.1 Å². The number of hydrogen-bond acceptors (Lipinski definition) is 5. The number of aromatic nitrogens is 2. The predicted molar refractivity (Wildman–Crippen MR) is 100 cm³/mol. The van der Waals surface area contributed by atoms with Crippen LogP contribution < -0.4 is 10.5 Å². The fraction of sp³-hybridized carbons (Fsp3) is 0.684. The highest BCUT2D eigenvalue weighted by Gasteiger charge is 2.48. The Hall–Kier alpha value is -2.38. The van der Waals surface area contributed by atoms with Crippen molar-refractivity contribution in [2.45, 2.75) is 38.6 Å². The van der Waals surface area contributed by atoms with Gasteiger partial charge in [-0.25, -0.2) is 4.68 Å². The molecule has 1 spiro atoms. The zero-order valence-corrected chi connectivity index (χ0v) is 15.9. The Labute approximate surface area is 158 Å². The molecule has 0 radical (unpaired) electrons. The molecule has 4 heterocycles. The van der Waals surface area contributed by atoms with Gasteiger partial charge in [0.1, 0.15) is 6.54 Å². The van der Waals surface area contributed by atoms with Crippen molar-refractivity contribution in [2.24, 2.45) is 5.41 Å². The number of rotatable bonds is 3. The third kappa shape index (κ3) is 3.33. The van der Waals surface area contributed by atoms with Crippen LogP contribution in [0, 0.1) is 5.41 Å². The van der Waals surface area contributed by atoms with Gasteiger partial charge in [0.2, 0.25) is 11.8 Å². The molecule has 3 saturated heterocycles. The molecule has 0 N–H and O–H groups in total. The largest absolute Gasteiger partial charge is 0.370 e. The van der Waals surface area contributed by atoms with Gasteiger partial charge in [0.25, 0.3) is 5.56 Å². The Bertz CT molecular complexity index is 801. The van der Waals surface area contributed by atoms with Crippen LogP contribution in [0.2, 0.25) is 0 Å². The first kappa shape index (κ1) is 18.0. The van der Waals surface area contributed by atoms with Gasteiger partial charge < -0.3 is 14.7 Å². The molecule has 1 atom stereocenters. The van der Waals surface area contributed by atoms with Crippen LogP contribution in [-0.4, -0.2) is 71.2 Å². The summed E-state index contributed by atoms with van der Waals surface area (Å²) in [6.07, 6.45) is 6.45. The van der Waals surface area contributed by atoms with E-state index in [4.69, 9.17) is 0 Å². The molecule has 2 amide bonds. The van der Waals surface area contributed by atoms with Gasteiger partial charge >= 0.3 is 0 Å². The zero-order valence-electron chi connectivity index (χ0n) is 15.9. The van der Waals surface area contributed by atoms with E-state index in [1.54, 1.807) is 22.1 Å². The van der Waals surface area contributed by atoms with Crippen LogP contribution in [0.5, 0.6) is 0 Å². The standard InChI is InChI=1S/C19H27N5O3/c1-21-7-4-5-19(18(21)27)6-10-23(14-19)17(26)13-24-16(25)11-15(12-20-24)22-8-2-3-9-22/h11-12H,2-10,13-14H2,1H3. The molecule has 8 nitrogen and oxygen atoms in total. The van der Waals surface area contributed by atoms with E-state index < -0.39 is 5.41 Å². The van der Waals surface area contributed by atoms with Gasteiger partial charge in [0, 0.05) is 45.8 Å². The number of amides is 2. The predicted octanol–water partition coefficient (Wildman–Crippen LogP) is 0.314. The Morgan fingerprint density at radius 3 is 2.63 bits per heavy atom. The fourth-order valence-corrected chi connectivity index (χ4v) is 4.65. The van der Waals surface area contributed by atoms with Gasteiger partial charge in [-0.2, -0.15) is 5.10 Å². The number of hydrogen-bond donors (Lipinski definition) is 0. The lowest BCUT2D eigenvalue weighted by Gasteiger charge is -2.37. The third-order valence-corrected chi connectivity index (χ3v) is 6.27. The molecule has 0 saturated carbocycles. The molecule has 146 valence electrons. The number of anilines is 1. The first-order chi connectivity index (χ1) is 13.0. The summed E-state index contributed by atoms with van der Waals surface area (Å²) < 4.78 is 1.22. The molecule has 3 fully saturated rings. The number of carbonyl (C=O) groups is 2. The SMILES string of the molecule is CN1CCCC2(CCN(C(=O)Cn3ncc(N4CCCC4)cc3=O)C2)C1=O. The normalized spacial score (nSPS) is 25.7. The van der Waals surface area contributed by atoms with Gasteiger partial charge in [-0.15, -0.1) is 0 Å². The number of piperidine rings is 1. The quantitative estimate of drug-likeness (QED) is 0.762. The first-order valence-electron chi connectivity index (χ1n) is 9.84. The van der Waals surface area contributed by atoms with E-state index in [1.807, 2.05) is 7.05 Å². The van der Waals surface area contributed by atoms with Crippen LogP contribution >= 0.6 is 0 Å². The van der Waals surface area contributed by atoms with Gasteiger partial charge in [0.15, 0.2) is 0 Å². The minimum atomic E-state index is -0.430. The van der Waals surface area contributed by atoms with Crippen LogP contribution in [0.15, 0.2) is 17.1 Å². The molecule has 0 aliphatic carbocycles. The molecule has 1 aromatic rings. The maximum atomic E-state index is 12.7. The van der Waals surface area contributed by atoms with E-state index in [1.165, 1.54) is 4.68 Å². The van der Waals surface area contributed by atoms with Crippen molar-refractivity contribution in [1.29, 1.82) is 0 Å². The lowest BCUT2D eigenvalue weighted by Crippen LogP contribution is -2.49. The molecule has 0 bridgehead atoms.